The minimum Gasteiger partial charge on any atom is -0.493 e. The molecule has 31 heavy (non-hydrogen) atoms. The van der Waals surface area contributed by atoms with Gasteiger partial charge in [-0.2, -0.15) is 4.31 Å². The summed E-state index contributed by atoms with van der Waals surface area (Å²) in [5, 5.41) is 2.86. The van der Waals surface area contributed by atoms with Crippen LogP contribution < -0.4 is 24.4 Å². The molecule has 9 nitrogen and oxygen atoms in total. The van der Waals surface area contributed by atoms with E-state index in [0.717, 1.165) is 5.69 Å². The van der Waals surface area contributed by atoms with E-state index in [9.17, 15) is 13.2 Å². The fourth-order valence-electron chi connectivity index (χ4n) is 3.45. The van der Waals surface area contributed by atoms with E-state index in [-0.39, 0.29) is 5.91 Å². The fourth-order valence-corrected chi connectivity index (χ4v) is 4.28. The number of nitrogens with one attached hydrogen (secondary N) is 1. The molecule has 2 aromatic carbocycles. The van der Waals surface area contributed by atoms with E-state index in [4.69, 9.17) is 14.2 Å². The van der Waals surface area contributed by atoms with Gasteiger partial charge in [0, 0.05) is 43.1 Å². The summed E-state index contributed by atoms with van der Waals surface area (Å²) in [4.78, 5) is 14.8. The summed E-state index contributed by atoms with van der Waals surface area (Å²) in [7, 11) is 1.33. The van der Waals surface area contributed by atoms with E-state index < -0.39 is 10.0 Å². The number of amides is 1. The molecule has 2 aromatic rings. The van der Waals surface area contributed by atoms with Gasteiger partial charge in [0.2, 0.25) is 15.8 Å². The Labute approximate surface area is 182 Å². The Morgan fingerprint density at radius 3 is 1.90 bits per heavy atom. The van der Waals surface area contributed by atoms with Gasteiger partial charge in [-0.05, 0) is 36.4 Å². The molecular weight excluding hydrogens is 422 g/mol. The summed E-state index contributed by atoms with van der Waals surface area (Å²) in [6.07, 6.45) is 1.23. The number of sulfonamides is 1. The van der Waals surface area contributed by atoms with Crippen LogP contribution in [-0.4, -0.2) is 72.4 Å². The summed E-state index contributed by atoms with van der Waals surface area (Å²) in [6, 6.07) is 10.6. The Morgan fingerprint density at radius 1 is 0.903 bits per heavy atom. The van der Waals surface area contributed by atoms with Crippen molar-refractivity contribution in [2.75, 3.05) is 64.0 Å². The molecule has 0 unspecified atom stereocenters. The van der Waals surface area contributed by atoms with Crippen LogP contribution in [0.3, 0.4) is 0 Å². The van der Waals surface area contributed by atoms with Crippen LogP contribution in [0.2, 0.25) is 0 Å². The number of ether oxygens (including phenoxy) is 3. The summed E-state index contributed by atoms with van der Waals surface area (Å²) < 4.78 is 40.7. The Morgan fingerprint density at radius 2 is 1.45 bits per heavy atom. The molecule has 0 aliphatic carbocycles. The number of carbonyl (C=O) groups excluding carboxylic acids is 1. The van der Waals surface area contributed by atoms with Gasteiger partial charge < -0.3 is 24.4 Å². The van der Waals surface area contributed by atoms with Crippen LogP contribution in [0.25, 0.3) is 0 Å². The lowest BCUT2D eigenvalue weighted by Gasteiger charge is -2.34. The van der Waals surface area contributed by atoms with Gasteiger partial charge >= 0.3 is 0 Å². The predicted octanol–water partition coefficient (Wildman–Crippen LogP) is 2.05. The average Bonchev–Trinajstić information content (AvgIpc) is 2.78. The summed E-state index contributed by atoms with van der Waals surface area (Å²) in [5.74, 6) is 0.904. The Hall–Kier alpha value is -2.98. The minimum atomic E-state index is -3.16. The number of methoxy groups -OCH3 is 3. The summed E-state index contributed by atoms with van der Waals surface area (Å²) in [6.45, 7) is 2.14. The summed E-state index contributed by atoms with van der Waals surface area (Å²) in [5.41, 5.74) is 1.98. The highest BCUT2D eigenvalue weighted by molar-refractivity contribution is 7.88. The van der Waals surface area contributed by atoms with Crippen LogP contribution in [0.15, 0.2) is 36.4 Å². The average molecular weight is 450 g/mol. The molecule has 0 aromatic heterocycles. The van der Waals surface area contributed by atoms with E-state index >= 15 is 0 Å². The number of hydrogen-bond donors (Lipinski definition) is 1. The molecule has 0 radical (unpaired) electrons. The largest absolute Gasteiger partial charge is 0.493 e. The number of hydrogen-bond acceptors (Lipinski definition) is 7. The van der Waals surface area contributed by atoms with E-state index in [2.05, 4.69) is 10.2 Å². The van der Waals surface area contributed by atoms with Crippen molar-refractivity contribution in [3.8, 4) is 17.2 Å². The molecule has 1 amide bonds. The minimum absolute atomic E-state index is 0.311. The maximum atomic E-state index is 12.7. The molecule has 168 valence electrons. The molecule has 1 fully saturated rings. The van der Waals surface area contributed by atoms with E-state index in [0.29, 0.717) is 54.7 Å². The third-order valence-corrected chi connectivity index (χ3v) is 6.43. The van der Waals surface area contributed by atoms with Gasteiger partial charge in [0.05, 0.1) is 27.6 Å². The smallest absolute Gasteiger partial charge is 0.255 e. The lowest BCUT2D eigenvalue weighted by atomic mass is 10.1. The van der Waals surface area contributed by atoms with Crippen molar-refractivity contribution in [3.05, 3.63) is 42.0 Å². The van der Waals surface area contributed by atoms with Crippen molar-refractivity contribution in [2.24, 2.45) is 0 Å². The zero-order valence-corrected chi connectivity index (χ0v) is 18.9. The van der Waals surface area contributed by atoms with Gasteiger partial charge in [0.15, 0.2) is 11.5 Å². The zero-order valence-electron chi connectivity index (χ0n) is 18.0. The van der Waals surface area contributed by atoms with Gasteiger partial charge in [-0.3, -0.25) is 4.79 Å². The molecule has 1 aliphatic heterocycles. The van der Waals surface area contributed by atoms with Crippen LogP contribution in [0, 0.1) is 0 Å². The number of rotatable bonds is 7. The van der Waals surface area contributed by atoms with Crippen molar-refractivity contribution in [3.63, 3.8) is 0 Å². The standard InChI is InChI=1S/C21H27N3O6S/c1-28-18-13-15(14-19(29-2)20(18)30-3)21(25)22-16-5-7-17(8-6-16)23-9-11-24(12-10-23)31(4,26)27/h5-8,13-14H,9-12H2,1-4H3,(H,22,25). The van der Waals surface area contributed by atoms with E-state index in [1.165, 1.54) is 31.9 Å². The first-order valence-electron chi connectivity index (χ1n) is 9.68. The fraction of sp³-hybridized carbons (Fsp3) is 0.381. The first-order valence-corrected chi connectivity index (χ1v) is 11.5. The zero-order chi connectivity index (χ0) is 22.6. The van der Waals surface area contributed by atoms with E-state index in [1.54, 1.807) is 12.1 Å². The van der Waals surface area contributed by atoms with Gasteiger partial charge in [-0.15, -0.1) is 0 Å². The number of carbonyl (C=O) groups is 1. The number of piperazine rings is 1. The molecule has 0 spiro atoms. The Kier molecular flexibility index (Phi) is 6.91. The molecular formula is C21H27N3O6S. The first-order chi connectivity index (χ1) is 14.8. The van der Waals surface area contributed by atoms with Crippen molar-refractivity contribution < 1.29 is 27.4 Å². The van der Waals surface area contributed by atoms with Crippen LogP contribution in [0.5, 0.6) is 17.2 Å². The number of nitrogens with zero attached hydrogens (tertiary/aromatic N) is 2. The van der Waals surface area contributed by atoms with Crippen molar-refractivity contribution in [2.45, 2.75) is 0 Å². The van der Waals surface area contributed by atoms with Crippen LogP contribution in [0.4, 0.5) is 11.4 Å². The molecule has 10 heteroatoms. The van der Waals surface area contributed by atoms with Crippen LogP contribution in [-0.2, 0) is 10.0 Å². The van der Waals surface area contributed by atoms with Crippen molar-refractivity contribution in [1.82, 2.24) is 4.31 Å². The van der Waals surface area contributed by atoms with Crippen LogP contribution in [0.1, 0.15) is 10.4 Å². The van der Waals surface area contributed by atoms with Gasteiger partial charge in [-0.1, -0.05) is 0 Å². The SMILES string of the molecule is COc1cc(C(=O)Nc2ccc(N3CCN(S(C)(=O)=O)CC3)cc2)cc(OC)c1OC. The van der Waals surface area contributed by atoms with Gasteiger partial charge in [-0.25, -0.2) is 8.42 Å². The van der Waals surface area contributed by atoms with E-state index in [1.807, 2.05) is 24.3 Å². The highest BCUT2D eigenvalue weighted by atomic mass is 32.2. The first kappa shape index (κ1) is 22.7. The molecule has 0 atom stereocenters. The maximum Gasteiger partial charge on any atom is 0.255 e. The molecule has 1 saturated heterocycles. The van der Waals surface area contributed by atoms with Gasteiger partial charge in [0.1, 0.15) is 0 Å². The van der Waals surface area contributed by atoms with Crippen LogP contribution >= 0.6 is 0 Å². The van der Waals surface area contributed by atoms with Crippen molar-refractivity contribution in [1.29, 1.82) is 0 Å². The topological polar surface area (TPSA) is 97.4 Å². The third kappa shape index (κ3) is 5.20. The molecule has 3 rings (SSSR count). The second-order valence-corrected chi connectivity index (χ2v) is 9.05. The highest BCUT2D eigenvalue weighted by Gasteiger charge is 2.23. The predicted molar refractivity (Wildman–Crippen MR) is 119 cm³/mol. The third-order valence-electron chi connectivity index (χ3n) is 5.12. The maximum absolute atomic E-state index is 12.7. The second kappa shape index (κ2) is 9.44. The molecule has 0 bridgehead atoms. The highest BCUT2D eigenvalue weighted by Crippen LogP contribution is 2.38. The second-order valence-electron chi connectivity index (χ2n) is 7.06. The summed E-state index contributed by atoms with van der Waals surface area (Å²) >= 11 is 0. The molecule has 1 heterocycles. The Balaban J connectivity index is 1.68. The number of anilines is 2. The number of benzene rings is 2. The lowest BCUT2D eigenvalue weighted by Crippen LogP contribution is -2.48. The normalized spacial score (nSPS) is 14.8. The molecule has 1 N–H and O–H groups in total. The lowest BCUT2D eigenvalue weighted by molar-refractivity contribution is 0.102. The van der Waals surface area contributed by atoms with Crippen molar-refractivity contribution >= 4 is 27.3 Å². The molecule has 1 aliphatic rings. The molecule has 0 saturated carbocycles. The quantitative estimate of drug-likeness (QED) is 0.691. The monoisotopic (exact) mass is 449 g/mol. The Bertz CT molecular complexity index is 1010. The van der Waals surface area contributed by atoms with Gasteiger partial charge in [0.25, 0.3) is 5.91 Å².